The highest BCUT2D eigenvalue weighted by molar-refractivity contribution is 5.86. The summed E-state index contributed by atoms with van der Waals surface area (Å²) >= 11 is 0. The molecule has 0 amide bonds. The van der Waals surface area contributed by atoms with Crippen LogP contribution in [0.2, 0.25) is 0 Å². The van der Waals surface area contributed by atoms with Crippen LogP contribution in [0.3, 0.4) is 0 Å². The van der Waals surface area contributed by atoms with Crippen molar-refractivity contribution in [2.24, 2.45) is 0 Å². The summed E-state index contributed by atoms with van der Waals surface area (Å²) in [4.78, 5) is 0. The van der Waals surface area contributed by atoms with Crippen LogP contribution in [0.1, 0.15) is 13.8 Å². The van der Waals surface area contributed by atoms with E-state index in [1.807, 2.05) is 26.0 Å². The van der Waals surface area contributed by atoms with E-state index in [4.69, 9.17) is 14.2 Å². The third-order valence-corrected chi connectivity index (χ3v) is 3.04. The minimum Gasteiger partial charge on any atom is -0.490 e. The van der Waals surface area contributed by atoms with Crippen LogP contribution < -0.4 is 4.74 Å². The number of aromatic nitrogens is 1. The minimum absolute atomic E-state index is 0.182. The van der Waals surface area contributed by atoms with Gasteiger partial charge in [0.25, 0.3) is 0 Å². The lowest BCUT2D eigenvalue weighted by molar-refractivity contribution is 0.0670. The summed E-state index contributed by atoms with van der Waals surface area (Å²) in [5, 5.41) is 1.15. The third-order valence-electron chi connectivity index (χ3n) is 3.04. The van der Waals surface area contributed by atoms with Gasteiger partial charge < -0.3 is 18.8 Å². The lowest BCUT2D eigenvalue weighted by Crippen LogP contribution is -2.08. The third kappa shape index (κ3) is 3.74. The first-order valence-corrected chi connectivity index (χ1v) is 7.03. The monoisotopic (exact) mass is 277 g/mol. The zero-order valence-corrected chi connectivity index (χ0v) is 12.5. The highest BCUT2D eigenvalue weighted by Crippen LogP contribution is 2.27. The topological polar surface area (TPSA) is 32.6 Å². The summed E-state index contributed by atoms with van der Waals surface area (Å²) < 4.78 is 18.5. The highest BCUT2D eigenvalue weighted by Gasteiger charge is 2.07. The fraction of sp³-hybridized carbons (Fsp3) is 0.500. The fourth-order valence-electron chi connectivity index (χ4n) is 2.15. The van der Waals surface area contributed by atoms with Crippen LogP contribution in [0.15, 0.2) is 30.5 Å². The van der Waals surface area contributed by atoms with E-state index in [9.17, 15) is 0 Å². The van der Waals surface area contributed by atoms with Gasteiger partial charge in [-0.2, -0.15) is 0 Å². The lowest BCUT2D eigenvalue weighted by atomic mass is 10.2. The molecule has 1 aromatic heterocycles. The van der Waals surface area contributed by atoms with Gasteiger partial charge >= 0.3 is 0 Å². The van der Waals surface area contributed by atoms with Gasteiger partial charge in [0.2, 0.25) is 0 Å². The average Bonchev–Trinajstić information content (AvgIpc) is 2.82. The summed E-state index contributed by atoms with van der Waals surface area (Å²) in [5.41, 5.74) is 1.18. The Morgan fingerprint density at radius 1 is 1.10 bits per heavy atom. The van der Waals surface area contributed by atoms with Crippen LogP contribution in [0.5, 0.6) is 5.75 Å². The van der Waals surface area contributed by atoms with E-state index < -0.39 is 0 Å². The molecule has 4 nitrogen and oxygen atoms in total. The predicted octanol–water partition coefficient (Wildman–Crippen LogP) is 3.09. The Kier molecular flexibility index (Phi) is 5.44. The maximum absolute atomic E-state index is 5.84. The molecule has 0 unspecified atom stereocenters. The molecule has 1 heterocycles. The SMILES string of the molecule is COCCOCCn1ccc2c(OC(C)C)cccc21. The Hall–Kier alpha value is -1.52. The van der Waals surface area contributed by atoms with Crippen molar-refractivity contribution in [1.82, 2.24) is 4.57 Å². The molecule has 20 heavy (non-hydrogen) atoms. The Labute approximate surface area is 120 Å². The van der Waals surface area contributed by atoms with Crippen LogP contribution in [0, 0.1) is 0 Å². The fourth-order valence-corrected chi connectivity index (χ4v) is 2.15. The maximum atomic E-state index is 5.84. The summed E-state index contributed by atoms with van der Waals surface area (Å²) in [7, 11) is 1.68. The molecule has 0 aliphatic carbocycles. The van der Waals surface area contributed by atoms with Crippen molar-refractivity contribution < 1.29 is 14.2 Å². The van der Waals surface area contributed by atoms with Crippen molar-refractivity contribution in [3.8, 4) is 5.75 Å². The van der Waals surface area contributed by atoms with Gasteiger partial charge in [0.1, 0.15) is 5.75 Å². The van der Waals surface area contributed by atoms with Crippen LogP contribution in [-0.2, 0) is 16.0 Å². The van der Waals surface area contributed by atoms with Crippen LogP contribution >= 0.6 is 0 Å². The van der Waals surface area contributed by atoms with E-state index in [1.54, 1.807) is 7.11 Å². The molecule has 0 aliphatic heterocycles. The number of benzene rings is 1. The molecule has 110 valence electrons. The normalized spacial score (nSPS) is 11.4. The lowest BCUT2D eigenvalue weighted by Gasteiger charge is -2.11. The van der Waals surface area contributed by atoms with E-state index >= 15 is 0 Å². The molecule has 1 aromatic carbocycles. The van der Waals surface area contributed by atoms with Gasteiger partial charge in [-0.15, -0.1) is 0 Å². The van der Waals surface area contributed by atoms with Crippen molar-refractivity contribution >= 4 is 10.9 Å². The minimum atomic E-state index is 0.182. The van der Waals surface area contributed by atoms with Crippen molar-refractivity contribution in [1.29, 1.82) is 0 Å². The molecule has 0 atom stereocenters. The number of hydrogen-bond acceptors (Lipinski definition) is 3. The first-order valence-electron chi connectivity index (χ1n) is 7.03. The van der Waals surface area contributed by atoms with Gasteiger partial charge in [0.05, 0.1) is 31.4 Å². The van der Waals surface area contributed by atoms with E-state index in [-0.39, 0.29) is 6.10 Å². The molecule has 4 heteroatoms. The van der Waals surface area contributed by atoms with Crippen LogP contribution in [0.25, 0.3) is 10.9 Å². The quantitative estimate of drug-likeness (QED) is 0.695. The largest absolute Gasteiger partial charge is 0.490 e. The van der Waals surface area contributed by atoms with Crippen molar-refractivity contribution in [3.05, 3.63) is 30.5 Å². The molecular formula is C16H23NO3. The average molecular weight is 277 g/mol. The number of hydrogen-bond donors (Lipinski definition) is 0. The van der Waals surface area contributed by atoms with Gasteiger partial charge in [-0.3, -0.25) is 0 Å². The Bertz CT molecular complexity index is 534. The Morgan fingerprint density at radius 2 is 1.95 bits per heavy atom. The zero-order valence-electron chi connectivity index (χ0n) is 12.5. The molecule has 0 radical (unpaired) electrons. The first kappa shape index (κ1) is 14.9. The molecule has 2 rings (SSSR count). The van der Waals surface area contributed by atoms with Crippen LogP contribution in [0.4, 0.5) is 0 Å². The smallest absolute Gasteiger partial charge is 0.129 e. The van der Waals surface area contributed by atoms with Crippen molar-refractivity contribution in [2.75, 3.05) is 26.9 Å². The van der Waals surface area contributed by atoms with E-state index in [1.165, 1.54) is 5.52 Å². The molecule has 0 N–H and O–H groups in total. The number of fused-ring (bicyclic) bond motifs is 1. The molecule has 0 fully saturated rings. The Morgan fingerprint density at radius 3 is 2.70 bits per heavy atom. The molecular weight excluding hydrogens is 254 g/mol. The molecule has 0 bridgehead atoms. The highest BCUT2D eigenvalue weighted by atomic mass is 16.5. The van der Waals surface area contributed by atoms with E-state index in [0.29, 0.717) is 19.8 Å². The summed E-state index contributed by atoms with van der Waals surface area (Å²) in [6, 6.07) is 8.25. The summed E-state index contributed by atoms with van der Waals surface area (Å²) in [6.45, 7) is 6.87. The second kappa shape index (κ2) is 7.31. The number of nitrogens with zero attached hydrogens (tertiary/aromatic N) is 1. The van der Waals surface area contributed by atoms with E-state index in [0.717, 1.165) is 17.7 Å². The predicted molar refractivity (Wildman–Crippen MR) is 80.4 cm³/mol. The van der Waals surface area contributed by atoms with Crippen molar-refractivity contribution in [2.45, 2.75) is 26.5 Å². The van der Waals surface area contributed by atoms with Gasteiger partial charge in [0, 0.05) is 25.2 Å². The first-order chi connectivity index (χ1) is 9.72. The van der Waals surface area contributed by atoms with Gasteiger partial charge in [-0.1, -0.05) is 6.07 Å². The molecule has 0 spiro atoms. The molecule has 0 saturated carbocycles. The van der Waals surface area contributed by atoms with Crippen molar-refractivity contribution in [3.63, 3.8) is 0 Å². The standard InChI is InChI=1S/C16H23NO3/c1-13(2)20-16-6-4-5-15-14(16)7-8-17(15)9-10-19-12-11-18-3/h4-8,13H,9-12H2,1-3H3. The molecule has 2 aromatic rings. The number of methoxy groups -OCH3 is 1. The summed E-state index contributed by atoms with van der Waals surface area (Å²) in [5.74, 6) is 0.941. The summed E-state index contributed by atoms with van der Waals surface area (Å²) in [6.07, 6.45) is 2.26. The van der Waals surface area contributed by atoms with Gasteiger partial charge in [-0.05, 0) is 32.0 Å². The number of rotatable bonds is 8. The zero-order chi connectivity index (χ0) is 14.4. The molecule has 0 aliphatic rings. The number of ether oxygens (including phenoxy) is 3. The maximum Gasteiger partial charge on any atom is 0.129 e. The second-order valence-electron chi connectivity index (χ2n) is 4.97. The molecule has 0 saturated heterocycles. The van der Waals surface area contributed by atoms with Crippen LogP contribution in [-0.4, -0.2) is 37.6 Å². The van der Waals surface area contributed by atoms with E-state index in [2.05, 4.69) is 22.9 Å². The van der Waals surface area contributed by atoms with Gasteiger partial charge in [0.15, 0.2) is 0 Å². The Balaban J connectivity index is 2.04. The second-order valence-corrected chi connectivity index (χ2v) is 4.97. The van der Waals surface area contributed by atoms with Gasteiger partial charge in [-0.25, -0.2) is 0 Å².